The standard InChI is InChI=1S/C17H13ClN4OS/c18-12-3-6-20-15(8-12)21-16(23)13-4-7-22-14(13)10-24-17(22)11-2-1-5-19-9-11/h1-9,17H,10H2,(H,20,21,23). The van der Waals surface area contributed by atoms with E-state index in [9.17, 15) is 4.79 Å². The molecule has 7 heteroatoms. The summed E-state index contributed by atoms with van der Waals surface area (Å²) in [4.78, 5) is 20.9. The molecule has 1 amide bonds. The molecule has 1 aliphatic heterocycles. The Labute approximate surface area is 148 Å². The summed E-state index contributed by atoms with van der Waals surface area (Å²) in [7, 11) is 0. The Morgan fingerprint density at radius 1 is 1.33 bits per heavy atom. The second kappa shape index (κ2) is 6.30. The Balaban J connectivity index is 1.59. The molecule has 3 aromatic heterocycles. The number of hydrogen-bond donors (Lipinski definition) is 1. The highest BCUT2D eigenvalue weighted by Crippen LogP contribution is 2.41. The van der Waals surface area contributed by atoms with Crippen molar-refractivity contribution in [1.82, 2.24) is 14.5 Å². The number of nitrogens with zero attached hydrogens (tertiary/aromatic N) is 3. The average Bonchev–Trinajstić information content (AvgIpc) is 3.17. The van der Waals surface area contributed by atoms with Gasteiger partial charge in [0, 0.05) is 46.8 Å². The molecule has 3 aromatic rings. The Morgan fingerprint density at radius 2 is 2.25 bits per heavy atom. The largest absolute Gasteiger partial charge is 0.333 e. The summed E-state index contributed by atoms with van der Waals surface area (Å²) in [5.74, 6) is 1.05. The predicted octanol–water partition coefficient (Wildman–Crippen LogP) is 3.98. The van der Waals surface area contributed by atoms with E-state index < -0.39 is 0 Å². The fourth-order valence-corrected chi connectivity index (χ4v) is 4.20. The summed E-state index contributed by atoms with van der Waals surface area (Å²) in [6, 6.07) is 9.12. The van der Waals surface area contributed by atoms with Crippen LogP contribution in [0.1, 0.15) is 27.0 Å². The van der Waals surface area contributed by atoms with E-state index in [1.165, 1.54) is 0 Å². The number of pyridine rings is 2. The highest BCUT2D eigenvalue weighted by atomic mass is 35.5. The minimum atomic E-state index is -0.175. The molecule has 24 heavy (non-hydrogen) atoms. The van der Waals surface area contributed by atoms with Crippen LogP contribution in [0.2, 0.25) is 5.02 Å². The minimum Gasteiger partial charge on any atom is -0.333 e. The molecule has 0 radical (unpaired) electrons. The summed E-state index contributed by atoms with van der Waals surface area (Å²) in [6.07, 6.45) is 7.14. The Bertz CT molecular complexity index is 897. The summed E-state index contributed by atoms with van der Waals surface area (Å²) in [5.41, 5.74) is 2.80. The summed E-state index contributed by atoms with van der Waals surface area (Å²) < 4.78 is 2.13. The van der Waals surface area contributed by atoms with Gasteiger partial charge in [0.05, 0.1) is 5.56 Å². The molecular formula is C17H13ClN4OS. The zero-order valence-electron chi connectivity index (χ0n) is 12.5. The molecule has 1 N–H and O–H groups in total. The second-order valence-corrected chi connectivity index (χ2v) is 6.85. The predicted molar refractivity (Wildman–Crippen MR) is 95.3 cm³/mol. The highest BCUT2D eigenvalue weighted by molar-refractivity contribution is 7.99. The van der Waals surface area contributed by atoms with Crippen LogP contribution in [0, 0.1) is 0 Å². The van der Waals surface area contributed by atoms with Gasteiger partial charge in [-0.2, -0.15) is 0 Å². The van der Waals surface area contributed by atoms with Crippen molar-refractivity contribution in [3.63, 3.8) is 0 Å². The molecule has 0 saturated carbocycles. The Morgan fingerprint density at radius 3 is 3.04 bits per heavy atom. The van der Waals surface area contributed by atoms with Crippen LogP contribution < -0.4 is 5.32 Å². The van der Waals surface area contributed by atoms with Crippen LogP contribution in [0.5, 0.6) is 0 Å². The highest BCUT2D eigenvalue weighted by Gasteiger charge is 2.28. The van der Waals surface area contributed by atoms with E-state index >= 15 is 0 Å². The SMILES string of the molecule is O=C(Nc1cc(Cl)ccn1)c1ccn2c1CSC2c1cccnc1. The van der Waals surface area contributed by atoms with Gasteiger partial charge < -0.3 is 9.88 Å². The third-order valence-corrected chi connectivity index (χ3v) is 5.32. The van der Waals surface area contributed by atoms with Gasteiger partial charge in [-0.05, 0) is 24.3 Å². The first-order valence-electron chi connectivity index (χ1n) is 7.36. The van der Waals surface area contributed by atoms with Gasteiger partial charge in [-0.25, -0.2) is 4.98 Å². The molecular weight excluding hydrogens is 344 g/mol. The molecule has 0 spiro atoms. The van der Waals surface area contributed by atoms with Gasteiger partial charge in [0.25, 0.3) is 5.91 Å². The van der Waals surface area contributed by atoms with E-state index in [1.54, 1.807) is 36.3 Å². The van der Waals surface area contributed by atoms with Crippen LogP contribution >= 0.6 is 23.4 Å². The number of carbonyl (C=O) groups is 1. The van der Waals surface area contributed by atoms with Crippen LogP contribution in [-0.4, -0.2) is 20.4 Å². The normalized spacial score (nSPS) is 16.0. The molecule has 4 heterocycles. The summed E-state index contributed by atoms with van der Waals surface area (Å²) >= 11 is 7.71. The molecule has 1 unspecified atom stereocenters. The topological polar surface area (TPSA) is 59.8 Å². The third-order valence-electron chi connectivity index (χ3n) is 3.83. The quantitative estimate of drug-likeness (QED) is 0.771. The maximum atomic E-state index is 12.6. The van der Waals surface area contributed by atoms with Crippen LogP contribution in [0.4, 0.5) is 5.82 Å². The third kappa shape index (κ3) is 2.79. The van der Waals surface area contributed by atoms with Crippen molar-refractivity contribution in [2.45, 2.75) is 11.1 Å². The first-order chi connectivity index (χ1) is 11.7. The van der Waals surface area contributed by atoms with E-state index in [4.69, 9.17) is 11.6 Å². The van der Waals surface area contributed by atoms with Gasteiger partial charge in [0.2, 0.25) is 0 Å². The van der Waals surface area contributed by atoms with Gasteiger partial charge in [-0.3, -0.25) is 9.78 Å². The van der Waals surface area contributed by atoms with Gasteiger partial charge in [-0.15, -0.1) is 11.8 Å². The summed E-state index contributed by atoms with van der Waals surface area (Å²) in [5, 5.41) is 3.49. The number of rotatable bonds is 3. The monoisotopic (exact) mass is 356 g/mol. The van der Waals surface area contributed by atoms with Gasteiger partial charge in [-0.1, -0.05) is 17.7 Å². The van der Waals surface area contributed by atoms with Crippen molar-refractivity contribution in [3.05, 3.63) is 77.0 Å². The molecule has 0 aromatic carbocycles. The van der Waals surface area contributed by atoms with Crippen LogP contribution in [0.25, 0.3) is 0 Å². The zero-order chi connectivity index (χ0) is 16.5. The van der Waals surface area contributed by atoms with Crippen molar-refractivity contribution in [2.24, 2.45) is 0 Å². The fraction of sp³-hybridized carbons (Fsp3) is 0.118. The van der Waals surface area contributed by atoms with Crippen molar-refractivity contribution < 1.29 is 4.79 Å². The minimum absolute atomic E-state index is 0.152. The number of halogens is 1. The first-order valence-corrected chi connectivity index (χ1v) is 8.79. The molecule has 0 fully saturated rings. The Kier molecular flexibility index (Phi) is 4.00. The maximum Gasteiger partial charge on any atom is 0.258 e. The van der Waals surface area contributed by atoms with Gasteiger partial charge in [0.15, 0.2) is 0 Å². The molecule has 0 bridgehead atoms. The fourth-order valence-electron chi connectivity index (χ4n) is 2.73. The van der Waals surface area contributed by atoms with E-state index in [0.29, 0.717) is 16.4 Å². The Hall–Kier alpha value is -2.31. The number of nitrogens with one attached hydrogen (secondary N) is 1. The molecule has 5 nitrogen and oxygen atoms in total. The molecule has 4 rings (SSSR count). The first kappa shape index (κ1) is 15.2. The maximum absolute atomic E-state index is 12.6. The van der Waals surface area contributed by atoms with Crippen molar-refractivity contribution in [1.29, 1.82) is 0 Å². The number of thioether (sulfide) groups is 1. The second-order valence-electron chi connectivity index (χ2n) is 5.35. The van der Waals surface area contributed by atoms with Crippen LogP contribution in [0.15, 0.2) is 55.1 Å². The lowest BCUT2D eigenvalue weighted by Crippen LogP contribution is -2.14. The van der Waals surface area contributed by atoms with Crippen LogP contribution in [-0.2, 0) is 5.75 Å². The lowest BCUT2D eigenvalue weighted by Gasteiger charge is -2.12. The zero-order valence-corrected chi connectivity index (χ0v) is 14.1. The average molecular weight is 357 g/mol. The van der Waals surface area contributed by atoms with E-state index in [0.717, 1.165) is 17.0 Å². The van der Waals surface area contributed by atoms with Crippen molar-refractivity contribution in [3.8, 4) is 0 Å². The molecule has 1 atom stereocenters. The summed E-state index contributed by atoms with van der Waals surface area (Å²) in [6.45, 7) is 0. The molecule has 120 valence electrons. The smallest absolute Gasteiger partial charge is 0.258 e. The van der Waals surface area contributed by atoms with E-state index in [1.807, 2.05) is 24.5 Å². The van der Waals surface area contributed by atoms with Crippen molar-refractivity contribution in [2.75, 3.05) is 5.32 Å². The van der Waals surface area contributed by atoms with Crippen molar-refractivity contribution >= 4 is 35.1 Å². The molecule has 1 aliphatic rings. The number of fused-ring (bicyclic) bond motifs is 1. The number of amides is 1. The van der Waals surface area contributed by atoms with E-state index in [-0.39, 0.29) is 11.3 Å². The lowest BCUT2D eigenvalue weighted by atomic mass is 10.2. The number of carbonyl (C=O) groups excluding carboxylic acids is 1. The lowest BCUT2D eigenvalue weighted by molar-refractivity contribution is 0.102. The number of aromatic nitrogens is 3. The number of anilines is 1. The van der Waals surface area contributed by atoms with Gasteiger partial charge >= 0.3 is 0 Å². The van der Waals surface area contributed by atoms with Crippen LogP contribution in [0.3, 0.4) is 0 Å². The molecule has 0 aliphatic carbocycles. The molecule has 0 saturated heterocycles. The number of hydrogen-bond acceptors (Lipinski definition) is 4. The van der Waals surface area contributed by atoms with E-state index in [2.05, 4.69) is 25.9 Å². The van der Waals surface area contributed by atoms with Gasteiger partial charge in [0.1, 0.15) is 11.2 Å².